The van der Waals surface area contributed by atoms with E-state index in [0.717, 1.165) is 35.4 Å². The van der Waals surface area contributed by atoms with Crippen LogP contribution in [-0.4, -0.2) is 26.7 Å². The molecule has 4 rings (SSSR count). The van der Waals surface area contributed by atoms with Gasteiger partial charge < -0.3 is 10.2 Å². The average molecular weight is 557 g/mol. The molecule has 202 valence electrons. The first-order chi connectivity index (χ1) is 18.5. The third kappa shape index (κ3) is 7.44. The molecule has 0 atom stereocenters. The zero-order valence-electron chi connectivity index (χ0n) is 20.5. The maximum atomic E-state index is 13.3. The van der Waals surface area contributed by atoms with Gasteiger partial charge in [-0.25, -0.2) is 12.8 Å². The van der Waals surface area contributed by atoms with E-state index in [4.69, 9.17) is 0 Å². The lowest BCUT2D eigenvalue weighted by molar-refractivity contribution is -0.137. The molecule has 4 aromatic carbocycles. The van der Waals surface area contributed by atoms with Gasteiger partial charge in [-0.05, 0) is 65.2 Å². The average Bonchev–Trinajstić information content (AvgIpc) is 2.92. The zero-order valence-corrected chi connectivity index (χ0v) is 21.3. The molecule has 0 heterocycles. The fourth-order valence-corrected chi connectivity index (χ4v) is 5.22. The van der Waals surface area contributed by atoms with Crippen LogP contribution in [0.5, 0.6) is 0 Å². The normalized spacial score (nSPS) is 11.7. The number of hydrogen-bond donors (Lipinski definition) is 1. The largest absolute Gasteiger partial charge is 0.416 e. The Morgan fingerprint density at radius 3 is 1.90 bits per heavy atom. The number of halogens is 4. The molecular formula is C29H24F4N2O3S. The second-order valence-electron chi connectivity index (χ2n) is 8.78. The number of para-hydroxylation sites is 1. The molecule has 0 fully saturated rings. The lowest BCUT2D eigenvalue weighted by atomic mass is 10.0. The molecule has 0 unspecified atom stereocenters. The number of amides is 1. The summed E-state index contributed by atoms with van der Waals surface area (Å²) in [6, 6.07) is 24.9. The molecule has 0 aromatic heterocycles. The molecule has 1 N–H and O–H groups in total. The summed E-state index contributed by atoms with van der Waals surface area (Å²) in [6.07, 6.45) is -4.40. The van der Waals surface area contributed by atoms with Crippen LogP contribution in [0.3, 0.4) is 0 Å². The van der Waals surface area contributed by atoms with E-state index < -0.39 is 39.2 Å². The number of carbonyl (C=O) groups excluding carboxylic acids is 1. The Balaban J connectivity index is 1.40. The van der Waals surface area contributed by atoms with E-state index in [1.54, 1.807) is 54.6 Å². The van der Waals surface area contributed by atoms with E-state index in [1.165, 1.54) is 29.2 Å². The van der Waals surface area contributed by atoms with Crippen molar-refractivity contribution in [3.63, 3.8) is 0 Å². The van der Waals surface area contributed by atoms with Crippen molar-refractivity contribution >= 4 is 21.4 Å². The predicted molar refractivity (Wildman–Crippen MR) is 141 cm³/mol. The molecule has 0 spiro atoms. The monoisotopic (exact) mass is 556 g/mol. The van der Waals surface area contributed by atoms with E-state index in [9.17, 15) is 30.8 Å². The first-order valence-electron chi connectivity index (χ1n) is 11.8. The van der Waals surface area contributed by atoms with Crippen LogP contribution in [0.15, 0.2) is 108 Å². The molecule has 0 aliphatic carbocycles. The molecule has 0 radical (unpaired) electrons. The molecule has 5 nitrogen and oxygen atoms in total. The Bertz CT molecular complexity index is 1510. The molecule has 10 heteroatoms. The zero-order chi connectivity index (χ0) is 28.0. The number of sulfone groups is 1. The minimum atomic E-state index is -4.40. The van der Waals surface area contributed by atoms with E-state index in [0.29, 0.717) is 11.3 Å². The maximum Gasteiger partial charge on any atom is 0.416 e. The topological polar surface area (TPSA) is 66.5 Å². The molecule has 0 aliphatic rings. The van der Waals surface area contributed by atoms with Crippen LogP contribution >= 0.6 is 0 Å². The van der Waals surface area contributed by atoms with E-state index >= 15 is 0 Å². The Labute approximate surface area is 223 Å². The Kier molecular flexibility index (Phi) is 8.35. The van der Waals surface area contributed by atoms with Crippen LogP contribution in [0, 0.1) is 5.82 Å². The van der Waals surface area contributed by atoms with Gasteiger partial charge in [-0.1, -0.05) is 54.6 Å². The third-order valence-corrected chi connectivity index (χ3v) is 7.59. The predicted octanol–water partition coefficient (Wildman–Crippen LogP) is 6.07. The van der Waals surface area contributed by atoms with E-state index in [-0.39, 0.29) is 18.0 Å². The number of alkyl halides is 3. The second-order valence-corrected chi connectivity index (χ2v) is 10.7. The van der Waals surface area contributed by atoms with E-state index in [2.05, 4.69) is 5.32 Å². The number of rotatable bonds is 9. The minimum absolute atomic E-state index is 0.0571. The van der Waals surface area contributed by atoms with Crippen molar-refractivity contribution in [2.45, 2.75) is 17.6 Å². The van der Waals surface area contributed by atoms with Crippen molar-refractivity contribution in [1.82, 2.24) is 5.32 Å². The van der Waals surface area contributed by atoms with Crippen molar-refractivity contribution in [1.29, 1.82) is 0 Å². The summed E-state index contributed by atoms with van der Waals surface area (Å²) >= 11 is 0. The summed E-state index contributed by atoms with van der Waals surface area (Å²) in [6.45, 7) is -0.0759. The van der Waals surface area contributed by atoms with Gasteiger partial charge in [0.2, 0.25) is 5.91 Å². The van der Waals surface area contributed by atoms with Crippen molar-refractivity contribution in [3.05, 3.63) is 120 Å². The number of anilines is 1. The first kappa shape index (κ1) is 27.8. The van der Waals surface area contributed by atoms with Crippen LogP contribution in [0.2, 0.25) is 0 Å². The van der Waals surface area contributed by atoms with Crippen LogP contribution < -0.4 is 10.2 Å². The van der Waals surface area contributed by atoms with Gasteiger partial charge in [0.05, 0.1) is 17.0 Å². The summed E-state index contributed by atoms with van der Waals surface area (Å²) in [7, 11) is -3.86. The van der Waals surface area contributed by atoms with Gasteiger partial charge in [-0.2, -0.15) is 13.2 Å². The highest BCUT2D eigenvalue weighted by atomic mass is 32.2. The molecule has 0 aliphatic heterocycles. The van der Waals surface area contributed by atoms with Crippen LogP contribution in [0.1, 0.15) is 11.1 Å². The highest BCUT2D eigenvalue weighted by Gasteiger charge is 2.30. The lowest BCUT2D eigenvalue weighted by Gasteiger charge is -2.24. The highest BCUT2D eigenvalue weighted by Crippen LogP contribution is 2.31. The second kappa shape index (κ2) is 11.7. The fraction of sp³-hybridized carbons (Fsp3) is 0.138. The minimum Gasteiger partial charge on any atom is -0.350 e. The highest BCUT2D eigenvalue weighted by molar-refractivity contribution is 7.91. The van der Waals surface area contributed by atoms with Crippen LogP contribution in [0.4, 0.5) is 23.2 Å². The van der Waals surface area contributed by atoms with Gasteiger partial charge in [0.1, 0.15) is 11.7 Å². The summed E-state index contributed by atoms with van der Waals surface area (Å²) < 4.78 is 77.6. The van der Waals surface area contributed by atoms with Crippen molar-refractivity contribution < 1.29 is 30.8 Å². The molecule has 0 saturated carbocycles. The maximum absolute atomic E-state index is 13.3. The van der Waals surface area contributed by atoms with Gasteiger partial charge in [-0.15, -0.1) is 0 Å². The Hall–Kier alpha value is -4.18. The number of hydrogen-bond acceptors (Lipinski definition) is 4. The number of benzene rings is 4. The SMILES string of the molecule is O=C(CN(CS(=O)(=O)c1ccc(F)cc1)c1ccccc1)NCc1ccc(-c2ccc(C(F)(F)F)cc2)cc1. The quantitative estimate of drug-likeness (QED) is 0.201. The molecule has 4 aromatic rings. The molecule has 39 heavy (non-hydrogen) atoms. The van der Waals surface area contributed by atoms with Gasteiger partial charge in [-0.3, -0.25) is 4.79 Å². The van der Waals surface area contributed by atoms with Gasteiger partial charge in [0, 0.05) is 12.2 Å². The van der Waals surface area contributed by atoms with Crippen molar-refractivity contribution in [2.24, 2.45) is 0 Å². The third-order valence-electron chi connectivity index (χ3n) is 5.94. The van der Waals surface area contributed by atoms with Gasteiger partial charge in [0.15, 0.2) is 9.84 Å². The van der Waals surface area contributed by atoms with Crippen molar-refractivity contribution in [2.75, 3.05) is 17.3 Å². The summed E-state index contributed by atoms with van der Waals surface area (Å²) in [5.74, 6) is -1.46. The number of nitrogens with zero attached hydrogens (tertiary/aromatic N) is 1. The summed E-state index contributed by atoms with van der Waals surface area (Å²) in [5, 5.41) is 2.77. The Morgan fingerprint density at radius 2 is 1.33 bits per heavy atom. The smallest absolute Gasteiger partial charge is 0.350 e. The number of nitrogens with one attached hydrogen (secondary N) is 1. The van der Waals surface area contributed by atoms with Crippen molar-refractivity contribution in [3.8, 4) is 11.1 Å². The van der Waals surface area contributed by atoms with Gasteiger partial charge in [0.25, 0.3) is 0 Å². The lowest BCUT2D eigenvalue weighted by Crippen LogP contribution is -2.39. The molecule has 0 bridgehead atoms. The molecular weight excluding hydrogens is 532 g/mol. The summed E-state index contributed by atoms with van der Waals surface area (Å²) in [4.78, 5) is 14.1. The van der Waals surface area contributed by atoms with Gasteiger partial charge >= 0.3 is 6.18 Å². The molecule has 1 amide bonds. The Morgan fingerprint density at radius 1 is 0.769 bits per heavy atom. The number of carbonyl (C=O) groups is 1. The fourth-order valence-electron chi connectivity index (χ4n) is 3.87. The van der Waals surface area contributed by atoms with Crippen LogP contribution in [-0.2, 0) is 27.4 Å². The first-order valence-corrected chi connectivity index (χ1v) is 13.5. The standard InChI is InChI=1S/C29H24F4N2O3S/c30-25-14-16-27(17-15-25)39(37,38)20-35(26-4-2-1-3-5-26)19-28(36)34-18-21-6-8-22(9-7-21)23-10-12-24(13-11-23)29(31,32)33/h1-17H,18-20H2,(H,34,36). The van der Waals surface area contributed by atoms with Crippen LogP contribution in [0.25, 0.3) is 11.1 Å². The summed E-state index contributed by atoms with van der Waals surface area (Å²) in [5.41, 5.74) is 1.91. The van der Waals surface area contributed by atoms with E-state index in [1.807, 2.05) is 0 Å². The molecule has 0 saturated heterocycles.